The molecule has 6 heteroatoms. The molecule has 0 aliphatic rings. The van der Waals surface area contributed by atoms with Gasteiger partial charge in [-0.15, -0.1) is 0 Å². The molecule has 0 bridgehead atoms. The molecule has 148 valence electrons. The number of nitrogens with one attached hydrogen (secondary N) is 2. The predicted octanol–water partition coefficient (Wildman–Crippen LogP) is 3.42. The fourth-order valence-corrected chi connectivity index (χ4v) is 3.39. The highest BCUT2D eigenvalue weighted by Crippen LogP contribution is 2.31. The molecular formula is C21H30N2O4. The van der Waals surface area contributed by atoms with Gasteiger partial charge in [-0.2, -0.15) is 0 Å². The summed E-state index contributed by atoms with van der Waals surface area (Å²) in [6.45, 7) is 4.61. The number of hydrogen-bond acceptors (Lipinski definition) is 4. The van der Waals surface area contributed by atoms with E-state index in [-0.39, 0.29) is 17.4 Å². The molecule has 2 N–H and O–H groups in total. The smallest absolute Gasteiger partial charge is 0.251 e. The fourth-order valence-electron chi connectivity index (χ4n) is 3.39. The second-order valence-corrected chi connectivity index (χ2v) is 6.70. The van der Waals surface area contributed by atoms with E-state index in [2.05, 4.69) is 24.1 Å². The molecule has 0 unspecified atom stereocenters. The van der Waals surface area contributed by atoms with Crippen LogP contribution in [0.5, 0.6) is 11.5 Å². The Morgan fingerprint density at radius 2 is 1.74 bits per heavy atom. The number of aromatic nitrogens is 1. The van der Waals surface area contributed by atoms with Crippen LogP contribution in [0.4, 0.5) is 0 Å². The Balaban J connectivity index is 2.16. The average Bonchev–Trinajstić information content (AvgIpc) is 2.67. The van der Waals surface area contributed by atoms with Crippen molar-refractivity contribution in [1.29, 1.82) is 0 Å². The van der Waals surface area contributed by atoms with Gasteiger partial charge in [0.15, 0.2) is 0 Å². The van der Waals surface area contributed by atoms with Crippen molar-refractivity contribution in [3.8, 4) is 11.5 Å². The summed E-state index contributed by atoms with van der Waals surface area (Å²) >= 11 is 0. The lowest BCUT2D eigenvalue weighted by molar-refractivity contribution is -0.125. The zero-order valence-electron chi connectivity index (χ0n) is 16.7. The molecule has 2 rings (SSSR count). The molecule has 1 aromatic carbocycles. The van der Waals surface area contributed by atoms with Crippen LogP contribution in [0.3, 0.4) is 0 Å². The normalized spacial score (nSPS) is 11.0. The molecule has 1 aromatic heterocycles. The van der Waals surface area contributed by atoms with E-state index in [1.165, 1.54) is 0 Å². The predicted molar refractivity (Wildman–Crippen MR) is 108 cm³/mol. The molecule has 1 heterocycles. The van der Waals surface area contributed by atoms with E-state index in [1.54, 1.807) is 20.3 Å². The van der Waals surface area contributed by atoms with Crippen molar-refractivity contribution in [3.63, 3.8) is 0 Å². The Hall–Kier alpha value is -2.50. The average molecular weight is 374 g/mol. The first-order valence-electron chi connectivity index (χ1n) is 9.60. The molecule has 0 radical (unpaired) electrons. The number of H-pyrrole nitrogens is 1. The molecule has 0 fully saturated rings. The lowest BCUT2D eigenvalue weighted by Crippen LogP contribution is -2.33. The second kappa shape index (κ2) is 10.00. The van der Waals surface area contributed by atoms with Crippen molar-refractivity contribution in [1.82, 2.24) is 10.3 Å². The van der Waals surface area contributed by atoms with E-state index in [9.17, 15) is 9.59 Å². The Kier molecular flexibility index (Phi) is 7.70. The van der Waals surface area contributed by atoms with Crippen LogP contribution in [0.25, 0.3) is 10.9 Å². The number of aromatic amines is 1. The summed E-state index contributed by atoms with van der Waals surface area (Å²) in [6, 6.07) is 5.39. The van der Waals surface area contributed by atoms with Gasteiger partial charge in [-0.25, -0.2) is 0 Å². The van der Waals surface area contributed by atoms with Gasteiger partial charge in [-0.3, -0.25) is 9.59 Å². The van der Waals surface area contributed by atoms with Crippen molar-refractivity contribution in [2.45, 2.75) is 46.0 Å². The van der Waals surface area contributed by atoms with Crippen molar-refractivity contribution < 1.29 is 14.3 Å². The number of hydrogen-bond donors (Lipinski definition) is 2. The Labute approximate surface area is 160 Å². The third-order valence-corrected chi connectivity index (χ3v) is 4.79. The fraction of sp³-hybridized carbons (Fsp3) is 0.524. The first kappa shape index (κ1) is 20.8. The summed E-state index contributed by atoms with van der Waals surface area (Å²) in [4.78, 5) is 27.7. The van der Waals surface area contributed by atoms with Crippen LogP contribution in [0.15, 0.2) is 23.0 Å². The SMILES string of the molecule is CCCC(CCC)C(=O)NCCc1cc2c(OC)ccc(OC)c2[nH]c1=O. The molecule has 0 spiro atoms. The minimum atomic E-state index is -0.179. The summed E-state index contributed by atoms with van der Waals surface area (Å²) in [5.74, 6) is 1.39. The maximum atomic E-state index is 12.5. The summed E-state index contributed by atoms with van der Waals surface area (Å²) in [6.07, 6.45) is 4.23. The number of carbonyl (C=O) groups excluding carboxylic acids is 1. The van der Waals surface area contributed by atoms with Gasteiger partial charge in [0.05, 0.1) is 19.7 Å². The van der Waals surface area contributed by atoms with E-state index in [0.717, 1.165) is 31.1 Å². The maximum absolute atomic E-state index is 12.5. The highest BCUT2D eigenvalue weighted by molar-refractivity contribution is 5.90. The number of pyridine rings is 1. The van der Waals surface area contributed by atoms with E-state index in [0.29, 0.717) is 35.5 Å². The summed E-state index contributed by atoms with van der Waals surface area (Å²) in [5.41, 5.74) is 1.04. The van der Waals surface area contributed by atoms with Crippen LogP contribution in [0.1, 0.15) is 45.1 Å². The topological polar surface area (TPSA) is 80.4 Å². The summed E-state index contributed by atoms with van der Waals surface area (Å²) < 4.78 is 10.7. The molecule has 0 aliphatic carbocycles. The zero-order valence-corrected chi connectivity index (χ0v) is 16.7. The molecule has 27 heavy (non-hydrogen) atoms. The van der Waals surface area contributed by atoms with E-state index >= 15 is 0 Å². The van der Waals surface area contributed by atoms with Crippen LogP contribution < -0.4 is 20.3 Å². The number of ether oxygens (including phenoxy) is 2. The lowest BCUT2D eigenvalue weighted by atomic mass is 9.97. The number of fused-ring (bicyclic) bond motifs is 1. The van der Waals surface area contributed by atoms with Gasteiger partial charge in [0.25, 0.3) is 5.56 Å². The number of benzene rings is 1. The summed E-state index contributed by atoms with van der Waals surface area (Å²) in [5, 5.41) is 3.76. The number of methoxy groups -OCH3 is 2. The van der Waals surface area contributed by atoms with Crippen LogP contribution in [0.2, 0.25) is 0 Å². The van der Waals surface area contributed by atoms with Gasteiger partial charge in [0, 0.05) is 23.4 Å². The van der Waals surface area contributed by atoms with Crippen LogP contribution in [-0.4, -0.2) is 31.7 Å². The monoisotopic (exact) mass is 374 g/mol. The molecule has 2 aromatic rings. The van der Waals surface area contributed by atoms with Gasteiger partial charge in [0.1, 0.15) is 11.5 Å². The van der Waals surface area contributed by atoms with Crippen LogP contribution in [-0.2, 0) is 11.2 Å². The number of rotatable bonds is 10. The Morgan fingerprint density at radius 3 is 2.33 bits per heavy atom. The molecule has 6 nitrogen and oxygen atoms in total. The zero-order chi connectivity index (χ0) is 19.8. The summed E-state index contributed by atoms with van der Waals surface area (Å²) in [7, 11) is 3.15. The van der Waals surface area contributed by atoms with Gasteiger partial charge < -0.3 is 19.8 Å². The molecule has 0 aliphatic heterocycles. The number of amides is 1. The standard InChI is InChI=1S/C21H30N2O4/c1-5-7-14(8-6-2)20(24)22-12-11-15-13-16-17(26-3)9-10-18(27-4)19(16)23-21(15)25/h9-10,13-14H,5-8,11-12H2,1-4H3,(H,22,24)(H,23,25). The van der Waals surface area contributed by atoms with E-state index < -0.39 is 0 Å². The number of carbonyl (C=O) groups is 1. The van der Waals surface area contributed by atoms with Crippen molar-refractivity contribution in [2.24, 2.45) is 5.92 Å². The second-order valence-electron chi connectivity index (χ2n) is 6.70. The van der Waals surface area contributed by atoms with Gasteiger partial charge in [0.2, 0.25) is 5.91 Å². The highest BCUT2D eigenvalue weighted by atomic mass is 16.5. The minimum absolute atomic E-state index is 0.0549. The quantitative estimate of drug-likeness (QED) is 0.668. The third-order valence-electron chi connectivity index (χ3n) is 4.79. The first-order valence-corrected chi connectivity index (χ1v) is 9.60. The Morgan fingerprint density at radius 1 is 1.11 bits per heavy atom. The highest BCUT2D eigenvalue weighted by Gasteiger charge is 2.16. The van der Waals surface area contributed by atoms with E-state index in [4.69, 9.17) is 9.47 Å². The third kappa shape index (κ3) is 5.02. The largest absolute Gasteiger partial charge is 0.496 e. The van der Waals surface area contributed by atoms with Crippen molar-refractivity contribution in [3.05, 3.63) is 34.1 Å². The van der Waals surface area contributed by atoms with Crippen LogP contribution >= 0.6 is 0 Å². The van der Waals surface area contributed by atoms with Crippen molar-refractivity contribution in [2.75, 3.05) is 20.8 Å². The maximum Gasteiger partial charge on any atom is 0.251 e. The first-order chi connectivity index (χ1) is 13.0. The minimum Gasteiger partial charge on any atom is -0.496 e. The van der Waals surface area contributed by atoms with E-state index in [1.807, 2.05) is 12.1 Å². The Bertz CT molecular complexity index is 823. The molecule has 0 saturated carbocycles. The van der Waals surface area contributed by atoms with Gasteiger partial charge in [-0.05, 0) is 37.5 Å². The lowest BCUT2D eigenvalue weighted by Gasteiger charge is -2.15. The van der Waals surface area contributed by atoms with Gasteiger partial charge in [-0.1, -0.05) is 26.7 Å². The van der Waals surface area contributed by atoms with Crippen molar-refractivity contribution >= 4 is 16.8 Å². The molecule has 0 saturated heterocycles. The van der Waals surface area contributed by atoms with Crippen LogP contribution in [0, 0.1) is 5.92 Å². The molecule has 0 atom stereocenters. The van der Waals surface area contributed by atoms with Gasteiger partial charge >= 0.3 is 0 Å². The molecule has 1 amide bonds. The molecular weight excluding hydrogens is 344 g/mol.